The Labute approximate surface area is 66.4 Å². The minimum atomic E-state index is -0.674. The average Bonchev–Trinajstić information content (AvgIpc) is 2.37. The summed E-state index contributed by atoms with van der Waals surface area (Å²) in [5.41, 5.74) is 0. The van der Waals surface area contributed by atoms with Gasteiger partial charge in [0, 0.05) is 6.61 Å². The normalized spacial score (nSPS) is 30.6. The molecule has 64 valence electrons. The lowest BCUT2D eigenvalue weighted by atomic mass is 10.1. The lowest BCUT2D eigenvalue weighted by Gasteiger charge is -2.08. The van der Waals surface area contributed by atoms with Gasteiger partial charge in [-0.2, -0.15) is 0 Å². The first-order valence-corrected chi connectivity index (χ1v) is 4.08. The average molecular weight is 158 g/mol. The van der Waals surface area contributed by atoms with Crippen LogP contribution < -0.4 is 0 Å². The van der Waals surface area contributed by atoms with Crippen molar-refractivity contribution in [1.82, 2.24) is 0 Å². The van der Waals surface area contributed by atoms with Gasteiger partial charge in [0.2, 0.25) is 0 Å². The SMILES string of the molecule is CCO[C@H]1CC[C@H](C(=O)O)C1. The maximum absolute atomic E-state index is 10.5. The van der Waals surface area contributed by atoms with E-state index in [1.807, 2.05) is 6.92 Å². The number of carboxylic acid groups (broad SMARTS) is 1. The third-order valence-electron chi connectivity index (χ3n) is 2.14. The lowest BCUT2D eigenvalue weighted by Crippen LogP contribution is -2.13. The number of ether oxygens (including phenoxy) is 1. The molecule has 0 aromatic heterocycles. The number of hydrogen-bond donors (Lipinski definition) is 1. The second-order valence-corrected chi connectivity index (χ2v) is 2.93. The van der Waals surface area contributed by atoms with Crippen molar-refractivity contribution in [2.75, 3.05) is 6.61 Å². The molecule has 1 fully saturated rings. The summed E-state index contributed by atoms with van der Waals surface area (Å²) in [5, 5.41) is 8.64. The van der Waals surface area contributed by atoms with Crippen LogP contribution in [-0.2, 0) is 9.53 Å². The minimum Gasteiger partial charge on any atom is -0.481 e. The van der Waals surface area contributed by atoms with Crippen LogP contribution in [-0.4, -0.2) is 23.8 Å². The molecule has 1 N–H and O–H groups in total. The van der Waals surface area contributed by atoms with Gasteiger partial charge >= 0.3 is 5.97 Å². The predicted octanol–water partition coefficient (Wildman–Crippen LogP) is 1.28. The molecule has 11 heavy (non-hydrogen) atoms. The molecule has 3 heteroatoms. The summed E-state index contributed by atoms with van der Waals surface area (Å²) in [6.07, 6.45) is 2.58. The smallest absolute Gasteiger partial charge is 0.306 e. The van der Waals surface area contributed by atoms with E-state index < -0.39 is 5.97 Å². The zero-order valence-corrected chi connectivity index (χ0v) is 6.75. The molecule has 1 rings (SSSR count). The Hall–Kier alpha value is -0.570. The molecular formula is C8H14O3. The predicted molar refractivity (Wildman–Crippen MR) is 40.4 cm³/mol. The van der Waals surface area contributed by atoms with Crippen LogP contribution >= 0.6 is 0 Å². The van der Waals surface area contributed by atoms with Crippen LogP contribution in [0.3, 0.4) is 0 Å². The highest BCUT2D eigenvalue weighted by Gasteiger charge is 2.29. The molecule has 0 radical (unpaired) electrons. The van der Waals surface area contributed by atoms with Crippen molar-refractivity contribution in [3.63, 3.8) is 0 Å². The molecule has 0 aromatic rings. The van der Waals surface area contributed by atoms with Crippen molar-refractivity contribution in [1.29, 1.82) is 0 Å². The Bertz CT molecular complexity index is 144. The molecule has 3 nitrogen and oxygen atoms in total. The summed E-state index contributed by atoms with van der Waals surface area (Å²) >= 11 is 0. The van der Waals surface area contributed by atoms with Gasteiger partial charge in [-0.1, -0.05) is 0 Å². The molecule has 2 atom stereocenters. The van der Waals surface area contributed by atoms with Gasteiger partial charge in [0.15, 0.2) is 0 Å². The topological polar surface area (TPSA) is 46.5 Å². The lowest BCUT2D eigenvalue weighted by molar-refractivity contribution is -0.141. The first-order valence-electron chi connectivity index (χ1n) is 4.08. The highest BCUT2D eigenvalue weighted by molar-refractivity contribution is 5.70. The van der Waals surface area contributed by atoms with Gasteiger partial charge < -0.3 is 9.84 Å². The van der Waals surface area contributed by atoms with E-state index in [0.717, 1.165) is 12.8 Å². The zero-order valence-electron chi connectivity index (χ0n) is 6.75. The van der Waals surface area contributed by atoms with Crippen LogP contribution in [0.15, 0.2) is 0 Å². The maximum Gasteiger partial charge on any atom is 0.306 e. The van der Waals surface area contributed by atoms with Crippen molar-refractivity contribution >= 4 is 5.97 Å². The second kappa shape index (κ2) is 3.72. The Kier molecular flexibility index (Phi) is 2.88. The number of aliphatic carboxylic acids is 1. The Morgan fingerprint density at radius 3 is 2.82 bits per heavy atom. The fraction of sp³-hybridized carbons (Fsp3) is 0.875. The summed E-state index contributed by atoms with van der Waals surface area (Å²) in [7, 11) is 0. The third kappa shape index (κ3) is 2.19. The fourth-order valence-corrected chi connectivity index (χ4v) is 1.55. The van der Waals surface area contributed by atoms with E-state index in [1.165, 1.54) is 0 Å². The Morgan fingerprint density at radius 2 is 2.36 bits per heavy atom. The third-order valence-corrected chi connectivity index (χ3v) is 2.14. The van der Waals surface area contributed by atoms with Crippen molar-refractivity contribution in [3.8, 4) is 0 Å². The van der Waals surface area contributed by atoms with Gasteiger partial charge in [0.1, 0.15) is 0 Å². The minimum absolute atomic E-state index is 0.161. The molecule has 1 saturated carbocycles. The van der Waals surface area contributed by atoms with E-state index in [-0.39, 0.29) is 12.0 Å². The van der Waals surface area contributed by atoms with E-state index in [2.05, 4.69) is 0 Å². The highest BCUT2D eigenvalue weighted by Crippen LogP contribution is 2.27. The van der Waals surface area contributed by atoms with Gasteiger partial charge in [-0.15, -0.1) is 0 Å². The number of rotatable bonds is 3. The molecular weight excluding hydrogens is 144 g/mol. The molecule has 0 spiro atoms. The number of hydrogen-bond acceptors (Lipinski definition) is 2. The standard InChI is InChI=1S/C8H14O3/c1-2-11-7-4-3-6(5-7)8(9)10/h6-7H,2-5H2,1H3,(H,9,10)/t6-,7-/m0/s1. The van der Waals surface area contributed by atoms with E-state index in [0.29, 0.717) is 13.0 Å². The molecule has 0 aromatic carbocycles. The van der Waals surface area contributed by atoms with E-state index in [1.54, 1.807) is 0 Å². The van der Waals surface area contributed by atoms with Gasteiger partial charge in [0.05, 0.1) is 12.0 Å². The van der Waals surface area contributed by atoms with Gasteiger partial charge in [-0.3, -0.25) is 4.79 Å². The fourth-order valence-electron chi connectivity index (χ4n) is 1.55. The van der Waals surface area contributed by atoms with Crippen molar-refractivity contribution < 1.29 is 14.6 Å². The van der Waals surface area contributed by atoms with Crippen LogP contribution in [0.25, 0.3) is 0 Å². The molecule has 1 aliphatic rings. The van der Waals surface area contributed by atoms with Crippen LogP contribution in [0.1, 0.15) is 26.2 Å². The van der Waals surface area contributed by atoms with E-state index >= 15 is 0 Å². The molecule has 0 heterocycles. The molecule has 0 bridgehead atoms. The molecule has 1 aliphatic carbocycles. The summed E-state index contributed by atoms with van der Waals surface area (Å²) in [6, 6.07) is 0. The Balaban J connectivity index is 2.29. The highest BCUT2D eigenvalue weighted by atomic mass is 16.5. The zero-order chi connectivity index (χ0) is 8.27. The van der Waals surface area contributed by atoms with Crippen LogP contribution in [0, 0.1) is 5.92 Å². The van der Waals surface area contributed by atoms with Crippen LogP contribution in [0.5, 0.6) is 0 Å². The van der Waals surface area contributed by atoms with Gasteiger partial charge in [0.25, 0.3) is 0 Å². The largest absolute Gasteiger partial charge is 0.481 e. The van der Waals surface area contributed by atoms with Crippen molar-refractivity contribution in [2.45, 2.75) is 32.3 Å². The van der Waals surface area contributed by atoms with Gasteiger partial charge in [-0.05, 0) is 26.2 Å². The molecule has 0 unspecified atom stereocenters. The van der Waals surface area contributed by atoms with Crippen LogP contribution in [0.2, 0.25) is 0 Å². The van der Waals surface area contributed by atoms with Crippen LogP contribution in [0.4, 0.5) is 0 Å². The Morgan fingerprint density at radius 1 is 1.64 bits per heavy atom. The van der Waals surface area contributed by atoms with Crippen molar-refractivity contribution in [3.05, 3.63) is 0 Å². The maximum atomic E-state index is 10.5. The number of carbonyl (C=O) groups is 1. The summed E-state index contributed by atoms with van der Waals surface area (Å²) < 4.78 is 5.32. The second-order valence-electron chi connectivity index (χ2n) is 2.93. The van der Waals surface area contributed by atoms with Gasteiger partial charge in [-0.25, -0.2) is 0 Å². The quantitative estimate of drug-likeness (QED) is 0.673. The monoisotopic (exact) mass is 158 g/mol. The molecule has 0 saturated heterocycles. The summed E-state index contributed by atoms with van der Waals surface area (Å²) in [5.74, 6) is -0.834. The van der Waals surface area contributed by atoms with E-state index in [4.69, 9.17) is 9.84 Å². The van der Waals surface area contributed by atoms with E-state index in [9.17, 15) is 4.79 Å². The number of carboxylic acids is 1. The van der Waals surface area contributed by atoms with Crippen molar-refractivity contribution in [2.24, 2.45) is 5.92 Å². The first kappa shape index (κ1) is 8.53. The summed E-state index contributed by atoms with van der Waals surface area (Å²) in [4.78, 5) is 10.5. The molecule has 0 aliphatic heterocycles. The first-order chi connectivity index (χ1) is 5.24. The summed E-state index contributed by atoms with van der Waals surface area (Å²) in [6.45, 7) is 2.63. The molecule has 0 amide bonds.